The van der Waals surface area contributed by atoms with Gasteiger partial charge in [-0.3, -0.25) is 14.4 Å². The van der Waals surface area contributed by atoms with E-state index >= 15 is 0 Å². The maximum absolute atomic E-state index is 13.5. The number of nitrogens with one attached hydrogen (secondary N) is 2. The maximum Gasteiger partial charge on any atom is 0.337 e. The van der Waals surface area contributed by atoms with Crippen LogP contribution in [-0.2, 0) is 11.3 Å². The van der Waals surface area contributed by atoms with Crippen molar-refractivity contribution in [2.45, 2.75) is 6.54 Å². The molecule has 0 bridgehead atoms. The molecule has 4 aromatic rings. The normalized spacial score (nSPS) is 11.5. The third-order valence-electron chi connectivity index (χ3n) is 11.7. The largest absolute Gasteiger partial charge is 0.507 e. The van der Waals surface area contributed by atoms with Crippen LogP contribution in [0.2, 0.25) is 10.0 Å². The lowest BCUT2D eigenvalue weighted by molar-refractivity contribution is -0.116. The highest BCUT2D eigenvalue weighted by molar-refractivity contribution is 6.41. The minimum atomic E-state index is -1.41. The molecule has 8 rings (SSSR count). The summed E-state index contributed by atoms with van der Waals surface area (Å²) >= 11 is 13.7. The Morgan fingerprint density at radius 2 is 1.41 bits per heavy atom. The molecule has 16 nitrogen and oxygen atoms in total. The Morgan fingerprint density at radius 1 is 0.704 bits per heavy atom. The first kappa shape index (κ1) is 48.7. The zero-order valence-corrected chi connectivity index (χ0v) is 39.6. The topological polar surface area (TPSA) is 240 Å². The van der Waals surface area contributed by atoms with E-state index in [1.807, 2.05) is 74.1 Å². The molecule has 2 amide bonds. The van der Waals surface area contributed by atoms with Gasteiger partial charge in [0.2, 0.25) is 11.3 Å². The van der Waals surface area contributed by atoms with E-state index in [0.717, 1.165) is 17.1 Å². The highest BCUT2D eigenvalue weighted by atomic mass is 35.5. The van der Waals surface area contributed by atoms with E-state index in [4.69, 9.17) is 32.0 Å². The predicted molar refractivity (Wildman–Crippen MR) is 269 cm³/mol. The molecule has 0 unspecified atom stereocenters. The lowest BCUT2D eigenvalue weighted by Crippen LogP contribution is -2.24. The van der Waals surface area contributed by atoms with Crippen LogP contribution in [-0.4, -0.2) is 84.9 Å². The SMILES string of the molecule is CN(C)c1ccc2c(-c3c(Cl)cc(C(=O)NCC=CC=CC(=O)NCc4c(O)ccc5c(-c6ccc(C(=O)O)cc6C(=O)O)c6ccc(=O)cc-6oc45)c(Cl)c3C(=O)O)c3ccc(=[N+](C)C)cc-3oc2c1. The number of carbonyl (C=O) groups excluding carboxylic acids is 2. The summed E-state index contributed by atoms with van der Waals surface area (Å²) in [7, 11) is 7.53. The number of carboxylic acid groups (broad SMARTS) is 3. The van der Waals surface area contributed by atoms with Crippen molar-refractivity contribution in [3.63, 3.8) is 0 Å². The standard InChI is InChI=1S/C53H40Cl2N4O12/c1-58(2)27-10-14-32-40(21-27)70-41-22-28(59(3)4)11-15-33(41)45(32)46-38(54)24-36(48(55)47(46)53(68)69)50(63)56-19-7-5-6-8-43(62)57-25-37-39(61)18-17-34-44(31-16-12-29(60)23-42(31)71-49(34)37)30-13-9-26(51(64)65)20-35(30)52(66)67/h5-18,20-24H,19,25H2,1-4H3,(H5-,56,57,60,61,62,63,64,65,66,67,68,69)/p+1. The third-order valence-corrected chi connectivity index (χ3v) is 12.4. The van der Waals surface area contributed by atoms with Crippen LogP contribution in [0.25, 0.3) is 66.8 Å². The molecule has 4 aromatic carbocycles. The molecule has 6 N–H and O–H groups in total. The first-order valence-electron chi connectivity index (χ1n) is 21.5. The number of phenols is 1. The number of allylic oxidation sites excluding steroid dienone is 2. The van der Waals surface area contributed by atoms with Gasteiger partial charge in [0.1, 0.15) is 42.5 Å². The van der Waals surface area contributed by atoms with Crippen LogP contribution >= 0.6 is 23.2 Å². The molecule has 2 aliphatic carbocycles. The van der Waals surface area contributed by atoms with Gasteiger partial charge in [0.05, 0.1) is 50.5 Å². The average molecular weight is 997 g/mol. The molecule has 0 fully saturated rings. The highest BCUT2D eigenvalue weighted by Gasteiger charge is 2.30. The summed E-state index contributed by atoms with van der Waals surface area (Å²) in [6.45, 7) is -0.362. The minimum absolute atomic E-state index is 0.0265. The minimum Gasteiger partial charge on any atom is -0.507 e. The number of rotatable bonds is 13. The summed E-state index contributed by atoms with van der Waals surface area (Å²) in [6, 6.07) is 22.7. The van der Waals surface area contributed by atoms with Crippen molar-refractivity contribution in [1.29, 1.82) is 0 Å². The van der Waals surface area contributed by atoms with E-state index in [9.17, 15) is 49.2 Å². The van der Waals surface area contributed by atoms with Gasteiger partial charge in [-0.15, -0.1) is 0 Å². The van der Waals surface area contributed by atoms with Crippen molar-refractivity contribution in [2.75, 3.05) is 39.6 Å². The van der Waals surface area contributed by atoms with Gasteiger partial charge in [0, 0.05) is 89.2 Å². The molecule has 358 valence electrons. The zero-order chi connectivity index (χ0) is 51.0. The lowest BCUT2D eigenvalue weighted by Gasteiger charge is -2.21. The van der Waals surface area contributed by atoms with Crippen LogP contribution in [0.3, 0.4) is 0 Å². The van der Waals surface area contributed by atoms with Crippen LogP contribution in [0.4, 0.5) is 5.69 Å². The molecule has 0 saturated carbocycles. The van der Waals surface area contributed by atoms with Crippen LogP contribution in [0.1, 0.15) is 47.0 Å². The number of hydrogen-bond donors (Lipinski definition) is 6. The fourth-order valence-corrected chi connectivity index (χ4v) is 8.83. The van der Waals surface area contributed by atoms with E-state index < -0.39 is 35.2 Å². The number of nitrogens with zero attached hydrogens (tertiary/aromatic N) is 2. The van der Waals surface area contributed by atoms with Gasteiger partial charge in [-0.2, -0.15) is 0 Å². The molecule has 18 heteroatoms. The van der Waals surface area contributed by atoms with E-state index in [-0.39, 0.29) is 84.7 Å². The summed E-state index contributed by atoms with van der Waals surface area (Å²) < 4.78 is 14.4. The number of halogens is 2. The van der Waals surface area contributed by atoms with Gasteiger partial charge in [0.15, 0.2) is 5.43 Å². The summed E-state index contributed by atoms with van der Waals surface area (Å²) in [5.41, 5.74) is 1.71. The van der Waals surface area contributed by atoms with Crippen LogP contribution < -0.4 is 30.9 Å². The Hall–Kier alpha value is -8.73. The van der Waals surface area contributed by atoms with Gasteiger partial charge in [-0.25, -0.2) is 19.0 Å². The maximum atomic E-state index is 13.5. The number of carbonyl (C=O) groups is 5. The molecule has 4 aliphatic rings. The van der Waals surface area contributed by atoms with Gasteiger partial charge >= 0.3 is 17.9 Å². The van der Waals surface area contributed by atoms with E-state index in [1.54, 1.807) is 0 Å². The summed E-state index contributed by atoms with van der Waals surface area (Å²) in [4.78, 5) is 78.1. The molecule has 0 atom stereocenters. The first-order valence-corrected chi connectivity index (χ1v) is 22.3. The van der Waals surface area contributed by atoms with Gasteiger partial charge in [0.25, 0.3) is 5.91 Å². The average Bonchev–Trinajstić information content (AvgIpc) is 3.32. The number of carboxylic acids is 3. The number of aromatic hydroxyl groups is 1. The Kier molecular flexibility index (Phi) is 13.5. The molecule has 71 heavy (non-hydrogen) atoms. The summed E-state index contributed by atoms with van der Waals surface area (Å²) in [5.74, 6) is -5.26. The summed E-state index contributed by atoms with van der Waals surface area (Å²) in [6.07, 6.45) is 5.54. The second kappa shape index (κ2) is 19.7. The first-order chi connectivity index (χ1) is 33.8. The predicted octanol–water partition coefficient (Wildman–Crippen LogP) is 8.45. The molecule has 2 aliphatic heterocycles. The monoisotopic (exact) mass is 995 g/mol. The number of anilines is 1. The Bertz CT molecular complexity index is 3700. The third kappa shape index (κ3) is 9.53. The fourth-order valence-electron chi connectivity index (χ4n) is 8.21. The van der Waals surface area contributed by atoms with Crippen molar-refractivity contribution < 1.29 is 53.2 Å². The fraction of sp³-hybridized carbons (Fsp3) is 0.113. The molecule has 0 radical (unpaired) electrons. The van der Waals surface area contributed by atoms with Crippen molar-refractivity contribution in [1.82, 2.24) is 15.2 Å². The van der Waals surface area contributed by atoms with Crippen molar-refractivity contribution in [3.8, 4) is 50.7 Å². The number of benzene rings is 6. The van der Waals surface area contributed by atoms with Crippen LogP contribution in [0.15, 0.2) is 129 Å². The smallest absolute Gasteiger partial charge is 0.337 e. The quantitative estimate of drug-likeness (QED) is 0.0275. The lowest BCUT2D eigenvalue weighted by atomic mass is 9.89. The molecule has 0 aromatic heterocycles. The number of aromatic carboxylic acids is 3. The van der Waals surface area contributed by atoms with Crippen molar-refractivity contribution >= 4 is 80.6 Å². The number of fused-ring (bicyclic) bond motifs is 4. The molecule has 2 heterocycles. The zero-order valence-electron chi connectivity index (χ0n) is 38.1. The van der Waals surface area contributed by atoms with Crippen LogP contribution in [0, 0.1) is 0 Å². The van der Waals surface area contributed by atoms with Crippen LogP contribution in [0.5, 0.6) is 5.75 Å². The van der Waals surface area contributed by atoms with Gasteiger partial charge in [-0.05, 0) is 66.2 Å². The van der Waals surface area contributed by atoms with Crippen molar-refractivity contribution in [2.24, 2.45) is 0 Å². The number of hydrogen-bond acceptors (Lipinski definition) is 10. The van der Waals surface area contributed by atoms with E-state index in [2.05, 4.69) is 10.6 Å². The molecular weight excluding hydrogens is 956 g/mol. The Labute approximate surface area is 412 Å². The number of amides is 2. The highest BCUT2D eigenvalue weighted by Crippen LogP contribution is 2.47. The number of phenolic OH excluding ortho intramolecular Hbond substituents is 1. The van der Waals surface area contributed by atoms with Gasteiger partial charge < -0.3 is 44.8 Å². The van der Waals surface area contributed by atoms with Gasteiger partial charge in [-0.1, -0.05) is 47.5 Å². The van der Waals surface area contributed by atoms with E-state index in [1.165, 1.54) is 72.8 Å². The Morgan fingerprint density at radius 3 is 2.11 bits per heavy atom. The molecular formula is C53H41Cl2N4O12+. The summed E-state index contributed by atoms with van der Waals surface area (Å²) in [5, 5.41) is 47.9. The molecule has 0 saturated heterocycles. The van der Waals surface area contributed by atoms with Crippen molar-refractivity contribution in [3.05, 3.63) is 169 Å². The molecule has 0 spiro atoms. The second-order valence-electron chi connectivity index (χ2n) is 16.6. The van der Waals surface area contributed by atoms with E-state index in [0.29, 0.717) is 38.8 Å². The Balaban J connectivity index is 1.01. The second-order valence-corrected chi connectivity index (χ2v) is 17.3.